The van der Waals surface area contributed by atoms with Crippen LogP contribution >= 0.6 is 0 Å². The Hall–Kier alpha value is -1.66. The van der Waals surface area contributed by atoms with Crippen LogP contribution in [0.4, 0.5) is 13.2 Å². The Bertz CT molecular complexity index is 542. The molecule has 22 heavy (non-hydrogen) atoms. The molecule has 2 rings (SSSR count). The van der Waals surface area contributed by atoms with Crippen LogP contribution in [0.15, 0.2) is 48.0 Å². The summed E-state index contributed by atoms with van der Waals surface area (Å²) in [4.78, 5) is 4.13. The molecule has 3 nitrogen and oxygen atoms in total. The van der Waals surface area contributed by atoms with Crippen molar-refractivity contribution in [2.75, 3.05) is 6.61 Å². The van der Waals surface area contributed by atoms with E-state index in [1.807, 2.05) is 6.07 Å². The van der Waals surface area contributed by atoms with Crippen LogP contribution < -0.4 is 0 Å². The first kappa shape index (κ1) is 16.7. The van der Waals surface area contributed by atoms with Crippen molar-refractivity contribution >= 4 is 5.71 Å². The van der Waals surface area contributed by atoms with Gasteiger partial charge >= 0.3 is 12.0 Å². The van der Waals surface area contributed by atoms with E-state index in [-0.39, 0.29) is 18.7 Å². The number of alkyl halides is 3. The summed E-state index contributed by atoms with van der Waals surface area (Å²) in [6.45, 7) is 3.22. The van der Waals surface area contributed by atoms with Gasteiger partial charge in [0.15, 0.2) is 0 Å². The lowest BCUT2D eigenvalue weighted by molar-refractivity contribution is -0.334. The molecule has 0 aromatic heterocycles. The zero-order chi connectivity index (χ0) is 16.2. The molecule has 0 spiro atoms. The minimum Gasteiger partial charge on any atom is -0.354 e. The molecule has 120 valence electrons. The predicted octanol–water partition coefficient (Wildman–Crippen LogP) is 3.81. The molecule has 0 bridgehead atoms. The van der Waals surface area contributed by atoms with Crippen LogP contribution in [0.3, 0.4) is 0 Å². The summed E-state index contributed by atoms with van der Waals surface area (Å²) in [7, 11) is 0. The van der Waals surface area contributed by atoms with E-state index in [9.17, 15) is 18.3 Å². The van der Waals surface area contributed by atoms with Gasteiger partial charge in [0.2, 0.25) is 0 Å². The second-order valence-corrected chi connectivity index (χ2v) is 5.14. The second-order valence-electron chi connectivity index (χ2n) is 5.14. The lowest BCUT2D eigenvalue weighted by Crippen LogP contribution is -2.56. The molecule has 1 aliphatic heterocycles. The minimum absolute atomic E-state index is 0.00532. The number of hydrogen-bond acceptors (Lipinski definition) is 3. The third-order valence-electron chi connectivity index (χ3n) is 3.54. The van der Waals surface area contributed by atoms with Gasteiger partial charge in [0.1, 0.15) is 0 Å². The average Bonchev–Trinajstić information content (AvgIpc) is 2.49. The minimum atomic E-state index is -4.92. The van der Waals surface area contributed by atoms with Gasteiger partial charge in [-0.15, -0.1) is 6.58 Å². The summed E-state index contributed by atoms with van der Waals surface area (Å²) in [5.41, 5.74) is 0.384. The fourth-order valence-electron chi connectivity index (χ4n) is 2.33. The van der Waals surface area contributed by atoms with Crippen LogP contribution in [0.2, 0.25) is 0 Å². The average molecular weight is 313 g/mol. The maximum absolute atomic E-state index is 13.1. The van der Waals surface area contributed by atoms with Gasteiger partial charge in [-0.1, -0.05) is 36.4 Å². The summed E-state index contributed by atoms with van der Waals surface area (Å²) < 4.78 is 44.2. The van der Waals surface area contributed by atoms with Crippen molar-refractivity contribution in [1.82, 2.24) is 0 Å². The summed E-state index contributed by atoms with van der Waals surface area (Å²) in [6, 6.07) is 8.39. The summed E-state index contributed by atoms with van der Waals surface area (Å²) in [5.74, 6) is -3.29. The fraction of sp³-hybridized carbons (Fsp3) is 0.438. The number of nitrogens with zero attached hydrogens (tertiary/aromatic N) is 1. The fourth-order valence-corrected chi connectivity index (χ4v) is 2.33. The molecule has 6 heteroatoms. The van der Waals surface area contributed by atoms with Gasteiger partial charge in [-0.05, 0) is 24.8 Å². The monoisotopic (exact) mass is 313 g/mol. The van der Waals surface area contributed by atoms with Gasteiger partial charge in [-0.25, -0.2) is 0 Å². The summed E-state index contributed by atoms with van der Waals surface area (Å²) in [5, 5.41) is 9.93. The molecular weight excluding hydrogens is 295 g/mol. The molecule has 0 fully saturated rings. The number of unbranched alkanes of at least 4 members (excludes halogenated alkanes) is 1. The highest BCUT2D eigenvalue weighted by Gasteiger charge is 2.60. The van der Waals surface area contributed by atoms with Crippen molar-refractivity contribution in [3.63, 3.8) is 0 Å². The first-order valence-corrected chi connectivity index (χ1v) is 7.04. The van der Waals surface area contributed by atoms with Crippen molar-refractivity contribution in [3.05, 3.63) is 48.6 Å². The second kappa shape index (κ2) is 6.62. The van der Waals surface area contributed by atoms with Crippen LogP contribution in [0.1, 0.15) is 30.9 Å². The number of ether oxygens (including phenoxy) is 1. The molecule has 0 unspecified atom stereocenters. The smallest absolute Gasteiger partial charge is 0.354 e. The standard InChI is InChI=1S/C16H18F3NO2/c1-2-3-5-10-14-15(21,16(17,18)19)22-11-13(20-14)12-8-6-4-7-9-12/h2,4,6-9,13,21H,1,3,5,10-11H2/t13-,15+/m0/s1. The number of aliphatic imine (C=N–C) groups is 1. The molecule has 0 amide bonds. The number of benzene rings is 1. The maximum atomic E-state index is 13.1. The first-order valence-electron chi connectivity index (χ1n) is 7.04. The summed E-state index contributed by atoms with van der Waals surface area (Å²) >= 11 is 0. The van der Waals surface area contributed by atoms with Crippen molar-refractivity contribution < 1.29 is 23.0 Å². The number of hydrogen-bond donors (Lipinski definition) is 1. The van der Waals surface area contributed by atoms with E-state index < -0.39 is 18.0 Å². The number of aliphatic hydroxyl groups is 1. The maximum Gasteiger partial charge on any atom is 0.449 e. The Morgan fingerprint density at radius 3 is 2.64 bits per heavy atom. The highest BCUT2D eigenvalue weighted by Crippen LogP contribution is 2.39. The van der Waals surface area contributed by atoms with Gasteiger partial charge in [0.05, 0.1) is 18.4 Å². The predicted molar refractivity (Wildman–Crippen MR) is 77.6 cm³/mol. The van der Waals surface area contributed by atoms with Crippen molar-refractivity contribution in [1.29, 1.82) is 0 Å². The van der Waals surface area contributed by atoms with Crippen molar-refractivity contribution in [2.24, 2.45) is 4.99 Å². The SMILES string of the molecule is C=CCCCC1=N[C@H](c2ccccc2)CO[C@@]1(O)C(F)(F)F. The largest absolute Gasteiger partial charge is 0.449 e. The van der Waals surface area contributed by atoms with Gasteiger partial charge < -0.3 is 9.84 Å². The highest BCUT2D eigenvalue weighted by atomic mass is 19.4. The Balaban J connectivity index is 2.30. The van der Waals surface area contributed by atoms with Crippen LogP contribution in [0.25, 0.3) is 0 Å². The number of rotatable bonds is 5. The topological polar surface area (TPSA) is 41.8 Å². The Morgan fingerprint density at radius 1 is 1.36 bits per heavy atom. The van der Waals surface area contributed by atoms with Crippen LogP contribution in [0, 0.1) is 0 Å². The lowest BCUT2D eigenvalue weighted by Gasteiger charge is -2.36. The molecule has 0 aliphatic carbocycles. The van der Waals surface area contributed by atoms with Gasteiger partial charge in [-0.3, -0.25) is 4.99 Å². The zero-order valence-corrected chi connectivity index (χ0v) is 12.0. The van der Waals surface area contributed by atoms with Crippen molar-refractivity contribution in [3.8, 4) is 0 Å². The van der Waals surface area contributed by atoms with Gasteiger partial charge in [-0.2, -0.15) is 13.2 Å². The Kier molecular flexibility index (Phi) is 5.03. The Morgan fingerprint density at radius 2 is 2.05 bits per heavy atom. The third-order valence-corrected chi connectivity index (χ3v) is 3.54. The van der Waals surface area contributed by atoms with E-state index >= 15 is 0 Å². The molecule has 1 aromatic carbocycles. The molecule has 0 radical (unpaired) electrons. The molecular formula is C16H18F3NO2. The Labute approximate surface area is 127 Å². The molecule has 1 aromatic rings. The van der Waals surface area contributed by atoms with E-state index in [1.165, 1.54) is 0 Å². The first-order chi connectivity index (χ1) is 10.4. The van der Waals surface area contributed by atoms with E-state index in [2.05, 4.69) is 11.6 Å². The van der Waals surface area contributed by atoms with Gasteiger partial charge in [0.25, 0.3) is 0 Å². The van der Waals surface area contributed by atoms with Crippen LogP contribution in [0.5, 0.6) is 0 Å². The van der Waals surface area contributed by atoms with Crippen molar-refractivity contribution in [2.45, 2.75) is 37.3 Å². The summed E-state index contributed by atoms with van der Waals surface area (Å²) in [6.07, 6.45) is -2.33. The van der Waals surface area contributed by atoms with Gasteiger partial charge in [0, 0.05) is 0 Å². The molecule has 1 heterocycles. The van der Waals surface area contributed by atoms with E-state index in [0.29, 0.717) is 12.8 Å². The zero-order valence-electron chi connectivity index (χ0n) is 12.0. The number of halogens is 3. The molecule has 0 saturated heterocycles. The normalized spacial score (nSPS) is 25.6. The van der Waals surface area contributed by atoms with Crippen LogP contribution in [-0.4, -0.2) is 29.4 Å². The highest BCUT2D eigenvalue weighted by molar-refractivity contribution is 5.92. The molecule has 1 N–H and O–H groups in total. The molecule has 2 atom stereocenters. The quantitative estimate of drug-likeness (QED) is 0.663. The van der Waals surface area contributed by atoms with E-state index in [4.69, 9.17) is 4.74 Å². The molecule has 0 saturated carbocycles. The third kappa shape index (κ3) is 3.39. The molecule has 1 aliphatic rings. The van der Waals surface area contributed by atoms with E-state index in [0.717, 1.165) is 5.56 Å². The van der Waals surface area contributed by atoms with Crippen LogP contribution in [-0.2, 0) is 4.74 Å². The lowest BCUT2D eigenvalue weighted by atomic mass is 9.99. The number of allylic oxidation sites excluding steroid dienone is 1. The van der Waals surface area contributed by atoms with E-state index in [1.54, 1.807) is 30.3 Å².